The molecule has 4 atom stereocenters. The second-order valence-corrected chi connectivity index (χ2v) is 9.33. The van der Waals surface area contributed by atoms with Crippen LogP contribution in [0, 0.1) is 5.41 Å². The fourth-order valence-corrected chi connectivity index (χ4v) is 5.37. The summed E-state index contributed by atoms with van der Waals surface area (Å²) in [5.41, 5.74) is 0.533. The number of hydrogen-bond acceptors (Lipinski definition) is 5. The highest BCUT2D eigenvalue weighted by atomic mass is 32.2. The summed E-state index contributed by atoms with van der Waals surface area (Å²) in [6, 6.07) is 0. The Kier molecular flexibility index (Phi) is 4.39. The second-order valence-electron chi connectivity index (χ2n) is 6.33. The monoisotopic (exact) mass is 331 g/mol. The van der Waals surface area contributed by atoms with Crippen molar-refractivity contribution >= 4 is 34.3 Å². The minimum Gasteiger partial charge on any atom is -0.368 e. The molecule has 7 heteroatoms. The van der Waals surface area contributed by atoms with Gasteiger partial charge in [-0.3, -0.25) is 18.7 Å². The number of Topliss-reactive ketones (excluding diaryl/α,β-unsaturated/α-hetero) is 1. The maximum absolute atomic E-state index is 12.7. The van der Waals surface area contributed by atoms with Crippen LogP contribution < -0.4 is 0 Å². The van der Waals surface area contributed by atoms with Crippen molar-refractivity contribution in [2.24, 2.45) is 5.41 Å². The zero-order valence-corrected chi connectivity index (χ0v) is 14.8. The molecule has 0 saturated carbocycles. The highest BCUT2D eigenvalue weighted by molar-refractivity contribution is 8.12. The number of rotatable bonds is 3. The van der Waals surface area contributed by atoms with Gasteiger partial charge in [0.05, 0.1) is 5.70 Å². The van der Waals surface area contributed by atoms with Gasteiger partial charge in [0.15, 0.2) is 11.9 Å². The van der Waals surface area contributed by atoms with Crippen LogP contribution in [-0.2, 0) is 25.1 Å². The van der Waals surface area contributed by atoms with E-state index in [9.17, 15) is 13.8 Å². The molecule has 0 aromatic rings. The van der Waals surface area contributed by atoms with Gasteiger partial charge in [-0.25, -0.2) is 0 Å². The van der Waals surface area contributed by atoms with E-state index < -0.39 is 22.3 Å². The quantitative estimate of drug-likeness (QED) is 0.734. The molecular formula is C14H21NO4S2. The highest BCUT2D eigenvalue weighted by Crippen LogP contribution is 2.47. The number of thioether (sulfide) groups is 1. The van der Waals surface area contributed by atoms with Gasteiger partial charge in [-0.05, 0) is 12.5 Å². The van der Waals surface area contributed by atoms with Gasteiger partial charge in [-0.1, -0.05) is 20.8 Å². The van der Waals surface area contributed by atoms with Gasteiger partial charge in [0.25, 0.3) is 5.91 Å². The lowest BCUT2D eigenvalue weighted by atomic mass is 9.86. The topological polar surface area (TPSA) is 63.7 Å². The minimum absolute atomic E-state index is 0.0938. The maximum atomic E-state index is 12.7. The van der Waals surface area contributed by atoms with Crippen LogP contribution in [0.3, 0.4) is 0 Å². The number of methoxy groups -OCH3 is 1. The van der Waals surface area contributed by atoms with Crippen LogP contribution in [0.15, 0.2) is 11.3 Å². The number of amides is 1. The molecule has 2 aliphatic heterocycles. The average molecular weight is 331 g/mol. The Morgan fingerprint density at radius 3 is 2.38 bits per heavy atom. The van der Waals surface area contributed by atoms with Crippen molar-refractivity contribution in [1.82, 2.24) is 4.90 Å². The van der Waals surface area contributed by atoms with Crippen molar-refractivity contribution in [3.8, 4) is 0 Å². The molecule has 118 valence electrons. The third-order valence-electron chi connectivity index (χ3n) is 3.68. The molecule has 2 heterocycles. The van der Waals surface area contributed by atoms with E-state index >= 15 is 0 Å². The Morgan fingerprint density at radius 2 is 1.95 bits per heavy atom. The number of nitrogens with zero attached hydrogens (tertiary/aromatic N) is 1. The van der Waals surface area contributed by atoms with Crippen molar-refractivity contribution in [1.29, 1.82) is 0 Å². The Labute approximate surface area is 131 Å². The third-order valence-corrected chi connectivity index (χ3v) is 7.12. The molecule has 0 spiro atoms. The van der Waals surface area contributed by atoms with Crippen molar-refractivity contribution in [2.45, 2.75) is 43.8 Å². The number of ketones is 1. The lowest BCUT2D eigenvalue weighted by molar-refractivity contribution is -0.160. The van der Waals surface area contributed by atoms with Crippen LogP contribution in [0.1, 0.15) is 27.7 Å². The first-order chi connectivity index (χ1) is 9.61. The Morgan fingerprint density at radius 1 is 1.38 bits per heavy atom. The smallest absolute Gasteiger partial charge is 0.260 e. The summed E-state index contributed by atoms with van der Waals surface area (Å²) < 4.78 is 16.9. The summed E-state index contributed by atoms with van der Waals surface area (Å²) in [4.78, 5) is 26.5. The third kappa shape index (κ3) is 2.59. The van der Waals surface area contributed by atoms with Crippen LogP contribution in [-0.4, -0.2) is 50.2 Å². The first-order valence-corrected chi connectivity index (χ1v) is 9.26. The first-order valence-electron chi connectivity index (χ1n) is 6.70. The van der Waals surface area contributed by atoms with Crippen molar-refractivity contribution in [2.75, 3.05) is 13.4 Å². The lowest BCUT2D eigenvalue weighted by Gasteiger charge is -2.51. The fraction of sp³-hybridized carbons (Fsp3) is 0.714. The van der Waals surface area contributed by atoms with Crippen molar-refractivity contribution in [3.05, 3.63) is 11.3 Å². The van der Waals surface area contributed by atoms with E-state index in [1.807, 2.05) is 20.8 Å². The molecule has 0 bridgehead atoms. The summed E-state index contributed by atoms with van der Waals surface area (Å²) in [6.45, 7) is 7.26. The number of fused-ring (bicyclic) bond motifs is 1. The molecule has 0 aliphatic carbocycles. The van der Waals surface area contributed by atoms with Crippen LogP contribution in [0.2, 0.25) is 0 Å². The summed E-state index contributed by atoms with van der Waals surface area (Å²) in [5.74, 6) is -0.286. The summed E-state index contributed by atoms with van der Waals surface area (Å²) in [6.07, 6.45) is 1.06. The SMILES string of the molecule is CO[C@H]1C(=O)N2C(C(=O)C(C)(C)C)=C(C)C(S(C)=O)S[C@@H]12. The van der Waals surface area contributed by atoms with Crippen molar-refractivity contribution in [3.63, 3.8) is 0 Å². The standard InChI is InChI=1S/C14H21NO4S2/c1-7-8(10(16)14(2,3)4)15-11(17)9(19-5)12(15)20-13(7)21(6)18/h9,12-13H,1-6H3/t9-,12-,13?,21?/m0/s1. The molecule has 0 radical (unpaired) electrons. The molecule has 1 amide bonds. The van der Waals surface area contributed by atoms with Gasteiger partial charge in [0.1, 0.15) is 9.96 Å². The molecule has 1 fully saturated rings. The average Bonchev–Trinajstić information content (AvgIpc) is 2.37. The first kappa shape index (κ1) is 16.7. The van der Waals surface area contributed by atoms with Gasteiger partial charge < -0.3 is 4.74 Å². The fourth-order valence-electron chi connectivity index (χ4n) is 2.53. The van der Waals surface area contributed by atoms with E-state index in [0.29, 0.717) is 5.70 Å². The van der Waals surface area contributed by atoms with Gasteiger partial charge in [0.2, 0.25) is 0 Å². The predicted molar refractivity (Wildman–Crippen MR) is 84.0 cm³/mol. The largest absolute Gasteiger partial charge is 0.368 e. The molecule has 0 aromatic carbocycles. The van der Waals surface area contributed by atoms with Crippen LogP contribution >= 0.6 is 11.8 Å². The zero-order chi connectivity index (χ0) is 16.1. The normalized spacial score (nSPS) is 30.9. The number of carbonyl (C=O) groups is 2. The number of hydrogen-bond donors (Lipinski definition) is 0. The maximum Gasteiger partial charge on any atom is 0.260 e. The van der Waals surface area contributed by atoms with Gasteiger partial charge >= 0.3 is 0 Å². The van der Waals surface area contributed by atoms with Crippen molar-refractivity contribution < 1.29 is 18.5 Å². The number of ether oxygens (including phenoxy) is 1. The predicted octanol–water partition coefficient (Wildman–Crippen LogP) is 1.51. The zero-order valence-electron chi connectivity index (χ0n) is 13.1. The number of carbonyl (C=O) groups excluding carboxylic acids is 2. The molecule has 2 unspecified atom stereocenters. The van der Waals surface area contributed by atoms with Gasteiger partial charge in [-0.15, -0.1) is 11.8 Å². The molecule has 21 heavy (non-hydrogen) atoms. The number of β-lactam (4-membered cyclic amide) rings is 1. The highest BCUT2D eigenvalue weighted by Gasteiger charge is 2.56. The molecule has 0 aromatic heterocycles. The lowest BCUT2D eigenvalue weighted by Crippen LogP contribution is -2.66. The Balaban J connectivity index is 2.51. The van der Waals surface area contributed by atoms with E-state index in [1.165, 1.54) is 23.8 Å². The molecule has 2 rings (SSSR count). The van der Waals surface area contributed by atoms with E-state index in [0.717, 1.165) is 5.57 Å². The molecule has 1 saturated heterocycles. The minimum atomic E-state index is -1.12. The van der Waals surface area contributed by atoms with Gasteiger partial charge in [-0.2, -0.15) is 0 Å². The van der Waals surface area contributed by atoms with Gasteiger partial charge in [0, 0.05) is 29.6 Å². The van der Waals surface area contributed by atoms with E-state index in [4.69, 9.17) is 4.74 Å². The van der Waals surface area contributed by atoms with E-state index in [2.05, 4.69) is 0 Å². The van der Waals surface area contributed by atoms with E-state index in [-0.39, 0.29) is 21.6 Å². The van der Waals surface area contributed by atoms with E-state index in [1.54, 1.807) is 13.2 Å². The molecule has 2 aliphatic rings. The second kappa shape index (κ2) is 5.52. The summed E-state index contributed by atoms with van der Waals surface area (Å²) in [7, 11) is 0.364. The summed E-state index contributed by atoms with van der Waals surface area (Å²) in [5, 5.41) is -0.263. The number of allylic oxidation sites excluding steroid dienone is 1. The van der Waals surface area contributed by atoms with Crippen LogP contribution in [0.5, 0.6) is 0 Å². The molecular weight excluding hydrogens is 310 g/mol. The Hall–Kier alpha value is -0.660. The summed E-state index contributed by atoms with van der Waals surface area (Å²) >= 11 is 1.44. The molecule has 5 nitrogen and oxygen atoms in total. The van der Waals surface area contributed by atoms with Crippen LogP contribution in [0.25, 0.3) is 0 Å². The van der Waals surface area contributed by atoms with Crippen LogP contribution in [0.4, 0.5) is 0 Å². The Bertz CT molecular complexity index is 550. The molecule has 0 N–H and O–H groups in total.